The number of nitrogens with one attached hydrogen (secondary N) is 1. The minimum absolute atomic E-state index is 0.131. The van der Waals surface area contributed by atoms with Crippen LogP contribution >= 0.6 is 0 Å². The average molecular weight is 219 g/mol. The third-order valence-corrected chi connectivity index (χ3v) is 2.86. The summed E-state index contributed by atoms with van der Waals surface area (Å²) >= 11 is 0. The van der Waals surface area contributed by atoms with Crippen molar-refractivity contribution in [3.8, 4) is 0 Å². The molecule has 0 unspecified atom stereocenters. The second kappa shape index (κ2) is 5.15. The van der Waals surface area contributed by atoms with Crippen LogP contribution in [0, 0.1) is 0 Å². The van der Waals surface area contributed by atoms with Gasteiger partial charge in [0.1, 0.15) is 0 Å². The van der Waals surface area contributed by atoms with E-state index in [0.717, 1.165) is 12.8 Å². The molecule has 0 aromatic heterocycles. The van der Waals surface area contributed by atoms with Gasteiger partial charge in [-0.1, -0.05) is 52.0 Å². The van der Waals surface area contributed by atoms with Gasteiger partial charge < -0.3 is 5.32 Å². The second-order valence-electron chi connectivity index (χ2n) is 5.12. The lowest BCUT2D eigenvalue weighted by Gasteiger charge is -2.21. The lowest BCUT2D eigenvalue weighted by molar-refractivity contribution is -0.110. The average Bonchev–Trinajstić information content (AvgIpc) is 2.25. The summed E-state index contributed by atoms with van der Waals surface area (Å²) in [7, 11) is 0. The molecule has 16 heavy (non-hydrogen) atoms. The minimum atomic E-state index is 0.131. The van der Waals surface area contributed by atoms with Crippen LogP contribution < -0.4 is 5.32 Å². The van der Waals surface area contributed by atoms with Gasteiger partial charge in [-0.05, 0) is 23.0 Å². The van der Waals surface area contributed by atoms with Gasteiger partial charge in [0.25, 0.3) is 0 Å². The highest BCUT2D eigenvalue weighted by atomic mass is 16.1. The zero-order valence-corrected chi connectivity index (χ0v) is 10.6. The number of hydrogen-bond acceptors (Lipinski definition) is 1. The summed E-state index contributed by atoms with van der Waals surface area (Å²) in [6.45, 7) is 8.66. The van der Waals surface area contributed by atoms with Crippen molar-refractivity contribution in [1.29, 1.82) is 0 Å². The molecule has 0 saturated carbocycles. The Hall–Kier alpha value is -1.31. The molecule has 1 aromatic carbocycles. The molecule has 0 bridgehead atoms. The maximum atomic E-state index is 10.5. The van der Waals surface area contributed by atoms with E-state index in [1.807, 2.05) is 0 Å². The SMILES string of the molecule is CC[C@@H](NC=O)c1ccc(C(C)(C)C)cc1. The number of benzene rings is 1. The van der Waals surface area contributed by atoms with Crippen molar-refractivity contribution in [1.82, 2.24) is 5.32 Å². The fourth-order valence-electron chi connectivity index (χ4n) is 1.75. The molecular weight excluding hydrogens is 198 g/mol. The largest absolute Gasteiger partial charge is 0.352 e. The lowest BCUT2D eigenvalue weighted by atomic mass is 9.86. The number of amides is 1. The van der Waals surface area contributed by atoms with Crippen molar-refractivity contribution in [3.63, 3.8) is 0 Å². The Kier molecular flexibility index (Phi) is 4.11. The quantitative estimate of drug-likeness (QED) is 0.774. The van der Waals surface area contributed by atoms with Gasteiger partial charge in [-0.3, -0.25) is 4.79 Å². The van der Waals surface area contributed by atoms with Crippen molar-refractivity contribution in [2.75, 3.05) is 0 Å². The predicted octanol–water partition coefficient (Wildman–Crippen LogP) is 3.18. The van der Waals surface area contributed by atoms with Crippen LogP contribution in [-0.4, -0.2) is 6.41 Å². The maximum absolute atomic E-state index is 10.5. The van der Waals surface area contributed by atoms with E-state index in [9.17, 15) is 4.79 Å². The fraction of sp³-hybridized carbons (Fsp3) is 0.500. The van der Waals surface area contributed by atoms with Gasteiger partial charge >= 0.3 is 0 Å². The summed E-state index contributed by atoms with van der Waals surface area (Å²) in [5.74, 6) is 0. The van der Waals surface area contributed by atoms with Crippen LogP contribution in [0.2, 0.25) is 0 Å². The second-order valence-corrected chi connectivity index (χ2v) is 5.12. The number of rotatable bonds is 4. The van der Waals surface area contributed by atoms with Crippen molar-refractivity contribution in [2.45, 2.75) is 45.6 Å². The Morgan fingerprint density at radius 1 is 1.25 bits per heavy atom. The molecule has 2 nitrogen and oxygen atoms in total. The molecule has 1 amide bonds. The summed E-state index contributed by atoms with van der Waals surface area (Å²) in [5.41, 5.74) is 2.66. The van der Waals surface area contributed by atoms with Crippen molar-refractivity contribution < 1.29 is 4.79 Å². The topological polar surface area (TPSA) is 29.1 Å². The summed E-state index contributed by atoms with van der Waals surface area (Å²) in [5, 5.41) is 2.83. The van der Waals surface area contributed by atoms with Crippen LogP contribution in [0.1, 0.15) is 51.3 Å². The van der Waals surface area contributed by atoms with Crippen LogP contribution in [0.5, 0.6) is 0 Å². The Bertz CT molecular complexity index is 335. The van der Waals surface area contributed by atoms with E-state index in [4.69, 9.17) is 0 Å². The van der Waals surface area contributed by atoms with Gasteiger partial charge in [-0.15, -0.1) is 0 Å². The Balaban J connectivity index is 2.89. The molecule has 0 aliphatic rings. The van der Waals surface area contributed by atoms with Crippen LogP contribution in [0.25, 0.3) is 0 Å². The summed E-state index contributed by atoms with van der Waals surface area (Å²) < 4.78 is 0. The first-order chi connectivity index (χ1) is 7.49. The molecule has 2 heteroatoms. The van der Waals surface area contributed by atoms with Crippen LogP contribution in [0.4, 0.5) is 0 Å². The van der Waals surface area contributed by atoms with E-state index in [0.29, 0.717) is 0 Å². The zero-order chi connectivity index (χ0) is 12.2. The van der Waals surface area contributed by atoms with E-state index >= 15 is 0 Å². The van der Waals surface area contributed by atoms with Crippen molar-refractivity contribution in [2.24, 2.45) is 0 Å². The molecular formula is C14H21NO. The molecule has 0 spiro atoms. The number of carbonyl (C=O) groups is 1. The summed E-state index contributed by atoms with van der Waals surface area (Å²) in [4.78, 5) is 10.5. The molecule has 1 atom stereocenters. The lowest BCUT2D eigenvalue weighted by Crippen LogP contribution is -2.19. The molecule has 1 rings (SSSR count). The van der Waals surface area contributed by atoms with E-state index < -0.39 is 0 Å². The van der Waals surface area contributed by atoms with E-state index in [1.165, 1.54) is 11.1 Å². The van der Waals surface area contributed by atoms with E-state index in [-0.39, 0.29) is 11.5 Å². The van der Waals surface area contributed by atoms with Gasteiger partial charge in [0.2, 0.25) is 6.41 Å². The van der Waals surface area contributed by atoms with E-state index in [1.54, 1.807) is 0 Å². The highest BCUT2D eigenvalue weighted by Crippen LogP contribution is 2.24. The minimum Gasteiger partial charge on any atom is -0.352 e. The molecule has 0 heterocycles. The molecule has 1 aromatic rings. The normalized spacial score (nSPS) is 13.2. The Labute approximate surface area is 98.1 Å². The predicted molar refractivity (Wildman–Crippen MR) is 67.4 cm³/mol. The zero-order valence-electron chi connectivity index (χ0n) is 10.6. The van der Waals surface area contributed by atoms with Gasteiger partial charge in [-0.25, -0.2) is 0 Å². The summed E-state index contributed by atoms with van der Waals surface area (Å²) in [6.07, 6.45) is 1.68. The first-order valence-electron chi connectivity index (χ1n) is 5.79. The van der Waals surface area contributed by atoms with Gasteiger partial charge in [0.15, 0.2) is 0 Å². The fourth-order valence-corrected chi connectivity index (χ4v) is 1.75. The van der Waals surface area contributed by atoms with Gasteiger partial charge in [-0.2, -0.15) is 0 Å². The Morgan fingerprint density at radius 3 is 2.19 bits per heavy atom. The summed E-state index contributed by atoms with van der Waals surface area (Å²) in [6, 6.07) is 8.62. The monoisotopic (exact) mass is 219 g/mol. The van der Waals surface area contributed by atoms with Crippen LogP contribution in [0.3, 0.4) is 0 Å². The highest BCUT2D eigenvalue weighted by molar-refractivity contribution is 5.48. The van der Waals surface area contributed by atoms with Crippen molar-refractivity contribution >= 4 is 6.41 Å². The van der Waals surface area contributed by atoms with Crippen molar-refractivity contribution in [3.05, 3.63) is 35.4 Å². The molecule has 0 aliphatic carbocycles. The number of carbonyl (C=O) groups excluding carboxylic acids is 1. The third kappa shape index (κ3) is 3.09. The first-order valence-corrected chi connectivity index (χ1v) is 5.79. The van der Waals surface area contributed by atoms with Gasteiger partial charge in [0.05, 0.1) is 6.04 Å². The first kappa shape index (κ1) is 12.8. The number of hydrogen-bond donors (Lipinski definition) is 1. The van der Waals surface area contributed by atoms with Crippen LogP contribution in [0.15, 0.2) is 24.3 Å². The standard InChI is InChI=1S/C14H21NO/c1-5-13(15-10-16)11-6-8-12(9-7-11)14(2,3)4/h6-10,13H,5H2,1-4H3,(H,15,16)/t13-/m1/s1. The van der Waals surface area contributed by atoms with E-state index in [2.05, 4.69) is 57.3 Å². The molecule has 0 radical (unpaired) electrons. The van der Waals surface area contributed by atoms with Crippen LogP contribution in [-0.2, 0) is 10.2 Å². The third-order valence-electron chi connectivity index (χ3n) is 2.86. The molecule has 0 aliphatic heterocycles. The molecule has 88 valence electrons. The smallest absolute Gasteiger partial charge is 0.207 e. The molecule has 1 N–H and O–H groups in total. The maximum Gasteiger partial charge on any atom is 0.207 e. The molecule has 0 saturated heterocycles. The Morgan fingerprint density at radius 2 is 1.81 bits per heavy atom. The molecule has 0 fully saturated rings. The highest BCUT2D eigenvalue weighted by Gasteiger charge is 2.14. The van der Waals surface area contributed by atoms with Gasteiger partial charge in [0, 0.05) is 0 Å².